The molecule has 3 N–H and O–H groups in total. The van der Waals surface area contributed by atoms with Crippen LogP contribution in [0.1, 0.15) is 23.9 Å². The van der Waals surface area contributed by atoms with Gasteiger partial charge >= 0.3 is 0 Å². The number of fused-ring (bicyclic) bond motifs is 2. The highest BCUT2D eigenvalue weighted by atomic mass is 32.2. The lowest BCUT2D eigenvalue weighted by molar-refractivity contribution is 0.227. The van der Waals surface area contributed by atoms with Gasteiger partial charge in [0.1, 0.15) is 5.69 Å². The van der Waals surface area contributed by atoms with Gasteiger partial charge in [0, 0.05) is 62.4 Å². The summed E-state index contributed by atoms with van der Waals surface area (Å²) in [5, 5.41) is 18.4. The van der Waals surface area contributed by atoms with Crippen LogP contribution >= 0.6 is 12.1 Å². The minimum Gasteiger partial charge on any atom is -0.505 e. The number of hydrogen-bond acceptors (Lipinski definition) is 7. The van der Waals surface area contributed by atoms with Gasteiger partial charge in [-0.25, -0.2) is 18.0 Å². The molecule has 0 amide bonds. The van der Waals surface area contributed by atoms with Crippen molar-refractivity contribution in [2.24, 2.45) is 0 Å². The Labute approximate surface area is 213 Å². The number of aromatic hydroxyl groups is 1. The number of H-pyrrole nitrogens is 2. The zero-order valence-corrected chi connectivity index (χ0v) is 21.3. The van der Waals surface area contributed by atoms with Crippen molar-refractivity contribution in [1.82, 2.24) is 33.7 Å². The molecule has 2 aromatic carbocycles. The van der Waals surface area contributed by atoms with Crippen LogP contribution in [-0.4, -0.2) is 78.6 Å². The van der Waals surface area contributed by atoms with Gasteiger partial charge in [0.2, 0.25) is 0 Å². The van der Waals surface area contributed by atoms with E-state index in [-0.39, 0.29) is 5.75 Å². The van der Waals surface area contributed by atoms with Gasteiger partial charge in [-0.3, -0.25) is 5.10 Å². The first kappa shape index (κ1) is 23.5. The number of nitrogens with one attached hydrogen (secondary N) is 2. The minimum absolute atomic E-state index is 0.317. The standard InChI is InChI=1S/C26H30FN7OS/c1-3-16-13-24(35)20(27)14-19(16)17-4-5-18-22(12-17)30-31-25(18)26-28-21-6-7-34(15-23(21)29-26)36-33-10-8-32(2)9-11-33/h4-5,12-14,35H,3,6-11,15H2,1-2H3,(H,28,29)(H,30,31). The second-order valence-corrected chi connectivity index (χ2v) is 10.8. The summed E-state index contributed by atoms with van der Waals surface area (Å²) in [6, 6.07) is 8.87. The minimum atomic E-state index is -0.617. The first-order valence-electron chi connectivity index (χ1n) is 12.4. The molecule has 36 heavy (non-hydrogen) atoms. The van der Waals surface area contributed by atoms with Gasteiger partial charge in [0.05, 0.1) is 17.8 Å². The fraction of sp³-hybridized carbons (Fsp3) is 0.385. The number of rotatable bonds is 5. The van der Waals surface area contributed by atoms with Crippen molar-refractivity contribution in [3.05, 3.63) is 53.1 Å². The number of aromatic nitrogens is 4. The molecule has 10 heteroatoms. The fourth-order valence-electron chi connectivity index (χ4n) is 5.01. The monoisotopic (exact) mass is 507 g/mol. The van der Waals surface area contributed by atoms with E-state index >= 15 is 0 Å². The highest BCUT2D eigenvalue weighted by Gasteiger charge is 2.25. The second-order valence-electron chi connectivity index (χ2n) is 9.59. The Morgan fingerprint density at radius 2 is 1.92 bits per heavy atom. The van der Waals surface area contributed by atoms with Crippen LogP contribution in [0.5, 0.6) is 5.75 Å². The molecule has 4 heterocycles. The predicted octanol–water partition coefficient (Wildman–Crippen LogP) is 4.20. The van der Waals surface area contributed by atoms with Crippen molar-refractivity contribution in [1.29, 1.82) is 0 Å². The number of likely N-dealkylation sites (N-methyl/N-ethyl adjacent to an activating group) is 1. The normalized spacial score (nSPS) is 17.6. The third-order valence-corrected chi connectivity index (χ3v) is 8.29. The summed E-state index contributed by atoms with van der Waals surface area (Å²) in [5.74, 6) is -0.160. The Morgan fingerprint density at radius 3 is 2.72 bits per heavy atom. The maximum atomic E-state index is 14.1. The number of piperazine rings is 1. The molecule has 8 nitrogen and oxygen atoms in total. The van der Waals surface area contributed by atoms with Crippen LogP contribution in [0.3, 0.4) is 0 Å². The van der Waals surface area contributed by atoms with E-state index in [2.05, 4.69) is 35.7 Å². The second kappa shape index (κ2) is 9.51. The number of nitrogens with zero attached hydrogens (tertiary/aromatic N) is 5. The first-order chi connectivity index (χ1) is 17.5. The van der Waals surface area contributed by atoms with Crippen molar-refractivity contribution >= 4 is 23.0 Å². The van der Waals surface area contributed by atoms with Gasteiger partial charge in [-0.15, -0.1) is 0 Å². The Kier molecular flexibility index (Phi) is 6.20. The lowest BCUT2D eigenvalue weighted by Gasteiger charge is -2.35. The van der Waals surface area contributed by atoms with Gasteiger partial charge in [0.15, 0.2) is 17.4 Å². The van der Waals surface area contributed by atoms with E-state index in [0.29, 0.717) is 6.42 Å². The smallest absolute Gasteiger partial charge is 0.165 e. The largest absolute Gasteiger partial charge is 0.505 e. The third-order valence-electron chi connectivity index (χ3n) is 7.15. The molecule has 2 aliphatic heterocycles. The average Bonchev–Trinajstić information content (AvgIpc) is 3.50. The molecular weight excluding hydrogens is 477 g/mol. The molecule has 188 valence electrons. The molecule has 0 bridgehead atoms. The van der Waals surface area contributed by atoms with E-state index in [9.17, 15) is 9.50 Å². The number of phenolic OH excluding ortho intramolecular Hbond substituents is 1. The first-order valence-corrected chi connectivity index (χ1v) is 13.2. The van der Waals surface area contributed by atoms with Crippen LogP contribution in [0, 0.1) is 5.82 Å². The number of imidazole rings is 1. The quantitative estimate of drug-likeness (QED) is 0.349. The van der Waals surface area contributed by atoms with Crippen LogP contribution in [0.4, 0.5) is 4.39 Å². The number of halogens is 1. The predicted molar refractivity (Wildman–Crippen MR) is 141 cm³/mol. The van der Waals surface area contributed by atoms with Crippen molar-refractivity contribution in [3.8, 4) is 28.4 Å². The van der Waals surface area contributed by atoms with Crippen LogP contribution in [0.2, 0.25) is 0 Å². The molecule has 2 aromatic heterocycles. The molecule has 1 fully saturated rings. The van der Waals surface area contributed by atoms with E-state index < -0.39 is 5.82 Å². The van der Waals surface area contributed by atoms with E-state index in [1.807, 2.05) is 37.3 Å². The van der Waals surface area contributed by atoms with Crippen molar-refractivity contribution in [2.75, 3.05) is 39.8 Å². The Balaban J connectivity index is 1.24. The summed E-state index contributed by atoms with van der Waals surface area (Å²) in [6.07, 6.45) is 1.62. The summed E-state index contributed by atoms with van der Waals surface area (Å²) in [6.45, 7) is 8.15. The summed E-state index contributed by atoms with van der Waals surface area (Å²) in [5.41, 5.74) is 6.46. The number of benzene rings is 2. The van der Waals surface area contributed by atoms with E-state index in [1.54, 1.807) is 0 Å². The van der Waals surface area contributed by atoms with E-state index in [4.69, 9.17) is 4.98 Å². The van der Waals surface area contributed by atoms with Crippen molar-refractivity contribution in [3.63, 3.8) is 0 Å². The summed E-state index contributed by atoms with van der Waals surface area (Å²) >= 11 is 1.84. The molecule has 0 radical (unpaired) electrons. The summed E-state index contributed by atoms with van der Waals surface area (Å²) in [4.78, 5) is 10.8. The van der Waals surface area contributed by atoms with Crippen LogP contribution in [-0.2, 0) is 19.4 Å². The molecule has 0 atom stereocenters. The molecule has 0 spiro atoms. The number of aromatic amines is 2. The average molecular weight is 508 g/mol. The summed E-state index contributed by atoms with van der Waals surface area (Å²) in [7, 11) is 2.18. The van der Waals surface area contributed by atoms with Gasteiger partial charge in [-0.2, -0.15) is 5.10 Å². The zero-order chi connectivity index (χ0) is 24.8. The molecule has 0 aliphatic carbocycles. The van der Waals surface area contributed by atoms with Gasteiger partial charge in [-0.1, -0.05) is 13.0 Å². The maximum absolute atomic E-state index is 14.1. The van der Waals surface area contributed by atoms with Gasteiger partial charge in [0.25, 0.3) is 0 Å². The molecule has 0 saturated carbocycles. The number of hydrogen-bond donors (Lipinski definition) is 3. The van der Waals surface area contributed by atoms with Crippen molar-refractivity contribution < 1.29 is 9.50 Å². The van der Waals surface area contributed by atoms with Crippen LogP contribution < -0.4 is 0 Å². The fourth-order valence-corrected chi connectivity index (χ4v) is 6.02. The van der Waals surface area contributed by atoms with Gasteiger partial charge in [-0.05, 0) is 54.4 Å². The molecule has 2 aliphatic rings. The third kappa shape index (κ3) is 4.39. The molecule has 1 saturated heterocycles. The molecule has 0 unspecified atom stereocenters. The lowest BCUT2D eigenvalue weighted by atomic mass is 9.96. The number of aryl methyl sites for hydroxylation is 1. The summed E-state index contributed by atoms with van der Waals surface area (Å²) < 4.78 is 19.0. The Bertz CT molecular complexity index is 1410. The zero-order valence-electron chi connectivity index (χ0n) is 20.5. The topological polar surface area (TPSA) is 87.3 Å². The molecule has 4 aromatic rings. The Morgan fingerprint density at radius 1 is 1.08 bits per heavy atom. The maximum Gasteiger partial charge on any atom is 0.165 e. The van der Waals surface area contributed by atoms with E-state index in [0.717, 1.165) is 90.5 Å². The lowest BCUT2D eigenvalue weighted by Crippen LogP contribution is -2.43. The molecular formula is C26H30FN7OS. The van der Waals surface area contributed by atoms with Crippen molar-refractivity contribution in [2.45, 2.75) is 26.3 Å². The van der Waals surface area contributed by atoms with E-state index in [1.165, 1.54) is 17.8 Å². The Hall–Kier alpha value is -2.92. The van der Waals surface area contributed by atoms with Crippen LogP contribution in [0.15, 0.2) is 30.3 Å². The molecule has 6 rings (SSSR count). The van der Waals surface area contributed by atoms with Crippen LogP contribution in [0.25, 0.3) is 33.5 Å². The number of phenols is 1. The SMILES string of the molecule is CCc1cc(O)c(F)cc1-c1ccc2c(-c3nc4c([nH]3)CCN(SN3CCN(C)CC3)C4)n[nH]c2c1. The highest BCUT2D eigenvalue weighted by Crippen LogP contribution is 2.34. The van der Waals surface area contributed by atoms with Gasteiger partial charge < -0.3 is 15.0 Å². The highest BCUT2D eigenvalue weighted by molar-refractivity contribution is 7.94.